The average molecular weight is 329 g/mol. The highest BCUT2D eigenvalue weighted by atomic mass is 16.5. The van der Waals surface area contributed by atoms with Crippen molar-refractivity contribution < 1.29 is 14.4 Å². The highest BCUT2D eigenvalue weighted by Crippen LogP contribution is 2.24. The molecular weight excluding hydrogens is 306 g/mol. The van der Waals surface area contributed by atoms with E-state index in [0.29, 0.717) is 18.7 Å². The van der Waals surface area contributed by atoms with Crippen LogP contribution in [-0.2, 0) is 6.54 Å². The number of likely N-dealkylation sites (tertiary alicyclic amines) is 1. The molecule has 128 valence electrons. The minimum Gasteiger partial charge on any atom is -0.394 e. The lowest BCUT2D eigenvalue weighted by molar-refractivity contribution is 0.0678. The van der Waals surface area contributed by atoms with Gasteiger partial charge in [-0.15, -0.1) is 0 Å². The third kappa shape index (κ3) is 3.14. The van der Waals surface area contributed by atoms with Crippen LogP contribution in [0.1, 0.15) is 40.2 Å². The maximum atomic E-state index is 12.9. The Balaban J connectivity index is 1.79. The van der Waals surface area contributed by atoms with Gasteiger partial charge in [-0.2, -0.15) is 0 Å². The van der Waals surface area contributed by atoms with Crippen LogP contribution in [0.3, 0.4) is 0 Å². The van der Waals surface area contributed by atoms with Crippen molar-refractivity contribution in [2.45, 2.75) is 39.3 Å². The minimum absolute atomic E-state index is 0.0143. The van der Waals surface area contributed by atoms with E-state index in [4.69, 9.17) is 4.52 Å². The van der Waals surface area contributed by atoms with Crippen molar-refractivity contribution in [3.63, 3.8) is 0 Å². The summed E-state index contributed by atoms with van der Waals surface area (Å²) in [5.74, 6) is 0.747. The molecule has 24 heavy (non-hydrogen) atoms. The molecule has 1 saturated heterocycles. The molecule has 0 bridgehead atoms. The zero-order chi connectivity index (χ0) is 17.1. The van der Waals surface area contributed by atoms with Gasteiger partial charge in [0.1, 0.15) is 5.76 Å². The topological polar surface area (TPSA) is 78.6 Å². The summed E-state index contributed by atoms with van der Waals surface area (Å²) in [5.41, 5.74) is 3.27. The quantitative estimate of drug-likeness (QED) is 0.881. The van der Waals surface area contributed by atoms with E-state index in [9.17, 15) is 9.90 Å². The maximum Gasteiger partial charge on any atom is 0.256 e. The molecule has 1 aromatic heterocycles. The van der Waals surface area contributed by atoms with Gasteiger partial charge in [0.15, 0.2) is 0 Å². The van der Waals surface area contributed by atoms with Crippen LogP contribution in [0.25, 0.3) is 0 Å². The molecular formula is C18H23N3O3. The highest BCUT2D eigenvalue weighted by molar-refractivity contribution is 6.00. The summed E-state index contributed by atoms with van der Waals surface area (Å²) >= 11 is 0. The standard InChI is InChI=1S/C18H23N3O3/c1-12-16(13(2)24-20-12)10-19-17-8-4-3-7-15(17)18(23)21-9-5-6-14(21)11-22/h3-4,7-8,14,19,22H,5-6,9-11H2,1-2H3/t14-/m1/s1. The van der Waals surface area contributed by atoms with E-state index in [1.165, 1.54) is 0 Å². The Kier molecular flexibility index (Phi) is 4.85. The zero-order valence-electron chi connectivity index (χ0n) is 14.1. The molecule has 1 amide bonds. The van der Waals surface area contributed by atoms with Gasteiger partial charge in [-0.1, -0.05) is 17.3 Å². The van der Waals surface area contributed by atoms with Crippen molar-refractivity contribution in [1.82, 2.24) is 10.1 Å². The molecule has 2 aromatic rings. The molecule has 0 spiro atoms. The van der Waals surface area contributed by atoms with Gasteiger partial charge in [0.05, 0.1) is 23.9 Å². The number of nitrogens with zero attached hydrogens (tertiary/aromatic N) is 2. The number of aliphatic hydroxyl groups is 1. The maximum absolute atomic E-state index is 12.9. The van der Waals surface area contributed by atoms with Gasteiger partial charge in [-0.3, -0.25) is 4.79 Å². The first kappa shape index (κ1) is 16.5. The number of amides is 1. The first-order valence-corrected chi connectivity index (χ1v) is 8.28. The number of para-hydroxylation sites is 1. The largest absolute Gasteiger partial charge is 0.394 e. The second-order valence-electron chi connectivity index (χ2n) is 6.18. The second kappa shape index (κ2) is 7.05. The molecule has 0 saturated carbocycles. The summed E-state index contributed by atoms with van der Waals surface area (Å²) in [7, 11) is 0. The van der Waals surface area contributed by atoms with Crippen LogP contribution in [0.4, 0.5) is 5.69 Å². The number of rotatable bonds is 5. The number of anilines is 1. The monoisotopic (exact) mass is 329 g/mol. The number of carbonyl (C=O) groups excluding carboxylic acids is 1. The predicted octanol–water partition coefficient (Wildman–Crippen LogP) is 2.50. The fraction of sp³-hybridized carbons (Fsp3) is 0.444. The first-order chi connectivity index (χ1) is 11.6. The van der Waals surface area contributed by atoms with E-state index < -0.39 is 0 Å². The van der Waals surface area contributed by atoms with Gasteiger partial charge in [-0.25, -0.2) is 0 Å². The Labute approximate surface area is 141 Å². The van der Waals surface area contributed by atoms with E-state index in [2.05, 4.69) is 10.5 Å². The van der Waals surface area contributed by atoms with Crippen LogP contribution in [-0.4, -0.2) is 40.3 Å². The third-order valence-corrected chi connectivity index (χ3v) is 4.64. The predicted molar refractivity (Wildman–Crippen MR) is 90.9 cm³/mol. The Hall–Kier alpha value is -2.34. The lowest BCUT2D eigenvalue weighted by Crippen LogP contribution is -2.37. The van der Waals surface area contributed by atoms with Crippen LogP contribution in [0.2, 0.25) is 0 Å². The lowest BCUT2D eigenvalue weighted by Gasteiger charge is -2.24. The van der Waals surface area contributed by atoms with Crippen molar-refractivity contribution in [2.24, 2.45) is 0 Å². The SMILES string of the molecule is Cc1noc(C)c1CNc1ccccc1C(=O)N1CCC[C@@H]1CO. The number of aromatic nitrogens is 1. The van der Waals surface area contributed by atoms with E-state index in [1.54, 1.807) is 4.90 Å². The number of aryl methyl sites for hydroxylation is 2. The van der Waals surface area contributed by atoms with Gasteiger partial charge in [-0.05, 0) is 38.8 Å². The Bertz CT molecular complexity index is 707. The van der Waals surface area contributed by atoms with E-state index in [1.807, 2.05) is 38.1 Å². The van der Waals surface area contributed by atoms with Gasteiger partial charge < -0.3 is 19.8 Å². The molecule has 1 aromatic carbocycles. The van der Waals surface area contributed by atoms with Gasteiger partial charge in [0.2, 0.25) is 0 Å². The number of hydrogen-bond acceptors (Lipinski definition) is 5. The van der Waals surface area contributed by atoms with Crippen LogP contribution in [0.15, 0.2) is 28.8 Å². The Morgan fingerprint density at radius 3 is 2.92 bits per heavy atom. The lowest BCUT2D eigenvalue weighted by atomic mass is 10.1. The molecule has 0 aliphatic carbocycles. The molecule has 1 aliphatic rings. The van der Waals surface area contributed by atoms with Crippen molar-refractivity contribution >= 4 is 11.6 Å². The molecule has 0 radical (unpaired) electrons. The summed E-state index contributed by atoms with van der Waals surface area (Å²) in [5, 5.41) is 16.7. The summed E-state index contributed by atoms with van der Waals surface area (Å²) in [6, 6.07) is 7.41. The minimum atomic E-state index is -0.0758. The number of nitrogens with one attached hydrogen (secondary N) is 1. The van der Waals surface area contributed by atoms with Crippen molar-refractivity contribution in [1.29, 1.82) is 0 Å². The third-order valence-electron chi connectivity index (χ3n) is 4.64. The normalized spacial score (nSPS) is 17.3. The summed E-state index contributed by atoms with van der Waals surface area (Å²) < 4.78 is 5.18. The molecule has 0 unspecified atom stereocenters. The second-order valence-corrected chi connectivity index (χ2v) is 6.18. The molecule has 6 heteroatoms. The summed E-state index contributed by atoms with van der Waals surface area (Å²) in [6.07, 6.45) is 1.79. The fourth-order valence-electron chi connectivity index (χ4n) is 3.21. The van der Waals surface area contributed by atoms with Crippen molar-refractivity contribution in [3.8, 4) is 0 Å². The van der Waals surface area contributed by atoms with Crippen molar-refractivity contribution in [2.75, 3.05) is 18.5 Å². The summed E-state index contributed by atoms with van der Waals surface area (Å²) in [4.78, 5) is 14.7. The Morgan fingerprint density at radius 2 is 2.21 bits per heavy atom. The molecule has 3 rings (SSSR count). The molecule has 6 nitrogen and oxygen atoms in total. The number of hydrogen-bond donors (Lipinski definition) is 2. The first-order valence-electron chi connectivity index (χ1n) is 8.28. The zero-order valence-corrected chi connectivity index (χ0v) is 14.1. The van der Waals surface area contributed by atoms with Crippen LogP contribution in [0.5, 0.6) is 0 Å². The van der Waals surface area contributed by atoms with Crippen LogP contribution >= 0.6 is 0 Å². The number of benzene rings is 1. The van der Waals surface area contributed by atoms with Gasteiger partial charge in [0.25, 0.3) is 5.91 Å². The van der Waals surface area contributed by atoms with Crippen molar-refractivity contribution in [3.05, 3.63) is 46.8 Å². The highest BCUT2D eigenvalue weighted by Gasteiger charge is 2.29. The smallest absolute Gasteiger partial charge is 0.256 e. The van der Waals surface area contributed by atoms with Crippen LogP contribution in [0, 0.1) is 13.8 Å². The molecule has 2 heterocycles. The van der Waals surface area contributed by atoms with Gasteiger partial charge in [0, 0.05) is 24.3 Å². The van der Waals surface area contributed by atoms with E-state index in [0.717, 1.165) is 35.5 Å². The fourth-order valence-corrected chi connectivity index (χ4v) is 3.21. The molecule has 1 atom stereocenters. The van der Waals surface area contributed by atoms with E-state index >= 15 is 0 Å². The molecule has 1 aliphatic heterocycles. The average Bonchev–Trinajstić information content (AvgIpc) is 3.20. The molecule has 2 N–H and O–H groups in total. The molecule has 1 fully saturated rings. The summed E-state index contributed by atoms with van der Waals surface area (Å²) in [6.45, 7) is 5.04. The van der Waals surface area contributed by atoms with Gasteiger partial charge >= 0.3 is 0 Å². The Morgan fingerprint density at radius 1 is 1.42 bits per heavy atom. The number of aliphatic hydroxyl groups excluding tert-OH is 1. The van der Waals surface area contributed by atoms with Crippen LogP contribution < -0.4 is 5.32 Å². The number of carbonyl (C=O) groups is 1. The van der Waals surface area contributed by atoms with E-state index in [-0.39, 0.29) is 18.6 Å².